The lowest BCUT2D eigenvalue weighted by Crippen LogP contribution is -2.40. The molecule has 3 N–H and O–H groups in total. The van der Waals surface area contributed by atoms with Crippen LogP contribution in [0.1, 0.15) is 24.4 Å². The van der Waals surface area contributed by atoms with Crippen LogP contribution in [0, 0.1) is 0 Å². The van der Waals surface area contributed by atoms with Crippen LogP contribution in [0.4, 0.5) is 0 Å². The molecule has 1 atom stereocenters. The van der Waals surface area contributed by atoms with E-state index < -0.39 is 0 Å². The Morgan fingerprint density at radius 2 is 2.11 bits per heavy atom. The number of carbonyl (C=O) groups excluding carboxylic acids is 2. The number of hydrogen-bond donors (Lipinski definition) is 2. The second kappa shape index (κ2) is 6.33. The van der Waals surface area contributed by atoms with Gasteiger partial charge < -0.3 is 16.0 Å². The van der Waals surface area contributed by atoms with Crippen molar-refractivity contribution in [1.29, 1.82) is 0 Å². The van der Waals surface area contributed by atoms with Crippen molar-refractivity contribution in [1.82, 2.24) is 10.2 Å². The molecule has 2 rings (SSSR count). The van der Waals surface area contributed by atoms with E-state index in [-0.39, 0.29) is 24.4 Å². The van der Waals surface area contributed by atoms with Gasteiger partial charge in [-0.15, -0.1) is 0 Å². The second-order valence-electron chi connectivity index (χ2n) is 4.68. The van der Waals surface area contributed by atoms with E-state index in [2.05, 4.69) is 5.32 Å². The van der Waals surface area contributed by atoms with Crippen molar-refractivity contribution in [3.8, 4) is 0 Å². The predicted molar refractivity (Wildman–Crippen MR) is 72.2 cm³/mol. The number of nitrogens with zero attached hydrogens (tertiary/aromatic N) is 1. The third-order valence-corrected chi connectivity index (χ3v) is 3.30. The van der Waals surface area contributed by atoms with Gasteiger partial charge in [0.15, 0.2) is 0 Å². The Morgan fingerprint density at radius 3 is 2.68 bits per heavy atom. The Labute approximate surface area is 112 Å². The molecule has 0 bridgehead atoms. The van der Waals surface area contributed by atoms with Crippen molar-refractivity contribution >= 4 is 11.8 Å². The first kappa shape index (κ1) is 13.5. The van der Waals surface area contributed by atoms with Crippen LogP contribution in [0.5, 0.6) is 0 Å². The van der Waals surface area contributed by atoms with Crippen LogP contribution in [0.15, 0.2) is 30.3 Å². The fraction of sp³-hybridized carbons (Fsp3) is 0.429. The molecule has 0 aromatic heterocycles. The lowest BCUT2D eigenvalue weighted by Gasteiger charge is -2.25. The van der Waals surface area contributed by atoms with Gasteiger partial charge in [0.1, 0.15) is 0 Å². The number of likely N-dealkylation sites (tertiary alicyclic amines) is 1. The molecule has 0 spiro atoms. The minimum absolute atomic E-state index is 0.0444. The SMILES string of the molecule is NCC(=O)NC(CN1CCCC1=O)c1ccccc1. The maximum Gasteiger partial charge on any atom is 0.234 e. The molecule has 0 aliphatic carbocycles. The molecule has 2 amide bonds. The molecule has 1 unspecified atom stereocenters. The molecule has 19 heavy (non-hydrogen) atoms. The fourth-order valence-electron chi connectivity index (χ4n) is 2.29. The van der Waals surface area contributed by atoms with Crippen molar-refractivity contribution in [3.05, 3.63) is 35.9 Å². The minimum atomic E-state index is -0.208. The smallest absolute Gasteiger partial charge is 0.234 e. The highest BCUT2D eigenvalue weighted by molar-refractivity contribution is 5.79. The normalized spacial score (nSPS) is 16.5. The number of amides is 2. The zero-order valence-corrected chi connectivity index (χ0v) is 10.8. The summed E-state index contributed by atoms with van der Waals surface area (Å²) >= 11 is 0. The Kier molecular flexibility index (Phi) is 4.52. The van der Waals surface area contributed by atoms with Crippen LogP contribution in [-0.2, 0) is 9.59 Å². The molecule has 102 valence electrons. The molecule has 0 saturated carbocycles. The van der Waals surface area contributed by atoms with E-state index in [0.717, 1.165) is 18.5 Å². The Bertz CT molecular complexity index is 447. The van der Waals surface area contributed by atoms with Crippen LogP contribution in [0.25, 0.3) is 0 Å². The quantitative estimate of drug-likeness (QED) is 0.807. The number of rotatable bonds is 5. The summed E-state index contributed by atoms with van der Waals surface area (Å²) in [7, 11) is 0. The maximum absolute atomic E-state index is 11.7. The van der Waals surface area contributed by atoms with E-state index in [1.165, 1.54) is 0 Å². The molecular formula is C14H19N3O2. The van der Waals surface area contributed by atoms with Crippen LogP contribution in [0.3, 0.4) is 0 Å². The number of benzene rings is 1. The fourth-order valence-corrected chi connectivity index (χ4v) is 2.29. The van der Waals surface area contributed by atoms with Gasteiger partial charge in [-0.1, -0.05) is 30.3 Å². The van der Waals surface area contributed by atoms with Crippen LogP contribution in [0.2, 0.25) is 0 Å². The zero-order chi connectivity index (χ0) is 13.7. The summed E-state index contributed by atoms with van der Waals surface area (Å²) in [5.41, 5.74) is 6.33. The lowest BCUT2D eigenvalue weighted by atomic mass is 10.1. The van der Waals surface area contributed by atoms with Crippen molar-refractivity contribution in [2.24, 2.45) is 5.73 Å². The standard InChI is InChI=1S/C14H19N3O2/c15-9-13(18)16-12(11-5-2-1-3-6-11)10-17-8-4-7-14(17)19/h1-3,5-6,12H,4,7-10,15H2,(H,16,18). The number of carbonyl (C=O) groups is 2. The summed E-state index contributed by atoms with van der Waals surface area (Å²) in [6, 6.07) is 9.46. The van der Waals surface area contributed by atoms with Crippen LogP contribution < -0.4 is 11.1 Å². The van der Waals surface area contributed by atoms with Crippen molar-refractivity contribution in [2.75, 3.05) is 19.6 Å². The van der Waals surface area contributed by atoms with Gasteiger partial charge in [-0.05, 0) is 12.0 Å². The first-order chi connectivity index (χ1) is 9.20. The van der Waals surface area contributed by atoms with Gasteiger partial charge in [-0.25, -0.2) is 0 Å². The maximum atomic E-state index is 11.7. The lowest BCUT2D eigenvalue weighted by molar-refractivity contribution is -0.129. The third kappa shape index (κ3) is 3.54. The van der Waals surface area contributed by atoms with Crippen LogP contribution in [-0.4, -0.2) is 36.3 Å². The van der Waals surface area contributed by atoms with E-state index >= 15 is 0 Å². The van der Waals surface area contributed by atoms with E-state index in [1.807, 2.05) is 30.3 Å². The predicted octanol–water partition coefficient (Wildman–Crippen LogP) is 0.425. The Balaban J connectivity index is 2.10. The number of nitrogens with one attached hydrogen (secondary N) is 1. The Morgan fingerprint density at radius 1 is 1.37 bits per heavy atom. The van der Waals surface area contributed by atoms with Crippen LogP contribution >= 0.6 is 0 Å². The van der Waals surface area contributed by atoms with Gasteiger partial charge in [-0.2, -0.15) is 0 Å². The average Bonchev–Trinajstić information content (AvgIpc) is 2.84. The van der Waals surface area contributed by atoms with Gasteiger partial charge in [0.2, 0.25) is 11.8 Å². The highest BCUT2D eigenvalue weighted by Gasteiger charge is 2.24. The van der Waals surface area contributed by atoms with Crippen molar-refractivity contribution in [3.63, 3.8) is 0 Å². The summed E-state index contributed by atoms with van der Waals surface area (Å²) < 4.78 is 0. The van der Waals surface area contributed by atoms with E-state index in [4.69, 9.17) is 5.73 Å². The molecule has 1 saturated heterocycles. The molecule has 5 heteroatoms. The van der Waals surface area contributed by atoms with Crippen molar-refractivity contribution < 1.29 is 9.59 Å². The molecule has 5 nitrogen and oxygen atoms in total. The molecule has 1 aliphatic heterocycles. The monoisotopic (exact) mass is 261 g/mol. The average molecular weight is 261 g/mol. The molecule has 1 heterocycles. The van der Waals surface area contributed by atoms with E-state index in [1.54, 1.807) is 4.90 Å². The first-order valence-corrected chi connectivity index (χ1v) is 6.53. The molecule has 1 aromatic carbocycles. The summed E-state index contributed by atoms with van der Waals surface area (Å²) in [5.74, 6) is -0.0524. The molecule has 1 aromatic rings. The summed E-state index contributed by atoms with van der Waals surface area (Å²) in [6.45, 7) is 1.23. The first-order valence-electron chi connectivity index (χ1n) is 6.53. The van der Waals surface area contributed by atoms with Gasteiger partial charge in [0.25, 0.3) is 0 Å². The largest absolute Gasteiger partial charge is 0.346 e. The minimum Gasteiger partial charge on any atom is -0.346 e. The summed E-state index contributed by atoms with van der Waals surface area (Å²) in [6.07, 6.45) is 1.50. The molecule has 1 aliphatic rings. The van der Waals surface area contributed by atoms with E-state index in [9.17, 15) is 9.59 Å². The molecular weight excluding hydrogens is 242 g/mol. The number of nitrogens with two attached hydrogens (primary N) is 1. The second-order valence-corrected chi connectivity index (χ2v) is 4.68. The Hall–Kier alpha value is -1.88. The van der Waals surface area contributed by atoms with E-state index in [0.29, 0.717) is 13.0 Å². The third-order valence-electron chi connectivity index (χ3n) is 3.30. The van der Waals surface area contributed by atoms with Gasteiger partial charge >= 0.3 is 0 Å². The molecule has 0 radical (unpaired) electrons. The highest BCUT2D eigenvalue weighted by atomic mass is 16.2. The van der Waals surface area contributed by atoms with Crippen molar-refractivity contribution in [2.45, 2.75) is 18.9 Å². The zero-order valence-electron chi connectivity index (χ0n) is 10.8. The highest BCUT2D eigenvalue weighted by Crippen LogP contribution is 2.18. The topological polar surface area (TPSA) is 75.4 Å². The molecule has 1 fully saturated rings. The van der Waals surface area contributed by atoms with Gasteiger partial charge in [0, 0.05) is 19.5 Å². The van der Waals surface area contributed by atoms with Gasteiger partial charge in [0.05, 0.1) is 12.6 Å². The summed E-state index contributed by atoms with van der Waals surface area (Å²) in [4.78, 5) is 25.0. The number of hydrogen-bond acceptors (Lipinski definition) is 3. The summed E-state index contributed by atoms with van der Waals surface area (Å²) in [5, 5.41) is 2.87. The van der Waals surface area contributed by atoms with Gasteiger partial charge in [-0.3, -0.25) is 9.59 Å².